The number of hydrogen-bond donors (Lipinski definition) is 2. The number of morpholine rings is 1. The topological polar surface area (TPSA) is 52.0 Å². The van der Waals surface area contributed by atoms with E-state index >= 15 is 0 Å². The van der Waals surface area contributed by atoms with Crippen LogP contribution < -0.4 is 15.0 Å². The lowest BCUT2D eigenvalue weighted by molar-refractivity contribution is -0.921. The molecule has 0 bridgehead atoms. The second kappa shape index (κ2) is 10.0. The fraction of sp³-hybridized carbons (Fsp3) is 0.318. The van der Waals surface area contributed by atoms with Crippen LogP contribution in [0.1, 0.15) is 16.7 Å². The van der Waals surface area contributed by atoms with E-state index in [1.54, 1.807) is 12.1 Å². The Balaban J connectivity index is 1.56. The zero-order valence-corrected chi connectivity index (χ0v) is 16.0. The van der Waals surface area contributed by atoms with Crippen LogP contribution in [0, 0.1) is 5.82 Å². The van der Waals surface area contributed by atoms with E-state index in [4.69, 9.17) is 9.47 Å². The maximum Gasteiger partial charge on any atom is 0.244 e. The average Bonchev–Trinajstić information content (AvgIpc) is 2.72. The molecule has 1 fully saturated rings. The van der Waals surface area contributed by atoms with Crippen LogP contribution in [0.4, 0.5) is 4.39 Å². The van der Waals surface area contributed by atoms with Gasteiger partial charge in [-0.2, -0.15) is 0 Å². The van der Waals surface area contributed by atoms with Gasteiger partial charge in [-0.05, 0) is 29.3 Å². The molecule has 3 rings (SSSR count). The Morgan fingerprint density at radius 2 is 1.96 bits per heavy atom. The first-order valence-corrected chi connectivity index (χ1v) is 9.43. The molecule has 0 unspecified atom stereocenters. The Bertz CT molecular complexity index is 832. The summed E-state index contributed by atoms with van der Waals surface area (Å²) in [6.45, 7) is 4.98. The SMILES string of the molecule is COc1ccc(/C=C/C(=O)NCc2ccccc2C[NH+]2CCOCC2)cc1F. The van der Waals surface area contributed by atoms with Crippen LogP contribution in [0.15, 0.2) is 48.5 Å². The molecule has 0 aliphatic carbocycles. The summed E-state index contributed by atoms with van der Waals surface area (Å²) in [7, 11) is 1.42. The molecule has 1 saturated heterocycles. The minimum absolute atomic E-state index is 0.181. The van der Waals surface area contributed by atoms with Crippen molar-refractivity contribution in [2.45, 2.75) is 13.1 Å². The Hall–Kier alpha value is -2.70. The molecule has 1 heterocycles. The lowest BCUT2D eigenvalue weighted by Crippen LogP contribution is -3.12. The van der Waals surface area contributed by atoms with Crippen LogP contribution in [0.25, 0.3) is 6.08 Å². The highest BCUT2D eigenvalue weighted by Gasteiger charge is 2.16. The predicted molar refractivity (Wildman–Crippen MR) is 105 cm³/mol. The molecule has 0 atom stereocenters. The molecule has 0 spiro atoms. The Morgan fingerprint density at radius 1 is 1.21 bits per heavy atom. The average molecular weight is 385 g/mol. The highest BCUT2D eigenvalue weighted by molar-refractivity contribution is 5.91. The molecular weight excluding hydrogens is 359 g/mol. The van der Waals surface area contributed by atoms with E-state index in [0.29, 0.717) is 12.1 Å². The van der Waals surface area contributed by atoms with Crippen LogP contribution in [-0.2, 0) is 22.6 Å². The number of hydrogen-bond acceptors (Lipinski definition) is 3. The molecule has 1 aliphatic heterocycles. The summed E-state index contributed by atoms with van der Waals surface area (Å²) in [5.74, 6) is -0.491. The van der Waals surface area contributed by atoms with E-state index < -0.39 is 5.82 Å². The van der Waals surface area contributed by atoms with Gasteiger partial charge in [-0.25, -0.2) is 4.39 Å². The van der Waals surface area contributed by atoms with Gasteiger partial charge in [-0.3, -0.25) is 4.79 Å². The first-order chi connectivity index (χ1) is 13.7. The summed E-state index contributed by atoms with van der Waals surface area (Å²) in [6, 6.07) is 12.7. The van der Waals surface area contributed by atoms with Gasteiger partial charge < -0.3 is 19.7 Å². The number of quaternary nitrogens is 1. The number of methoxy groups -OCH3 is 1. The molecule has 1 aliphatic rings. The highest BCUT2D eigenvalue weighted by Crippen LogP contribution is 2.18. The Morgan fingerprint density at radius 3 is 2.68 bits per heavy atom. The lowest BCUT2D eigenvalue weighted by Gasteiger charge is -2.24. The summed E-state index contributed by atoms with van der Waals surface area (Å²) in [5, 5.41) is 2.91. The van der Waals surface area contributed by atoms with Crippen molar-refractivity contribution in [2.24, 2.45) is 0 Å². The summed E-state index contributed by atoms with van der Waals surface area (Å²) >= 11 is 0. The van der Waals surface area contributed by atoms with E-state index in [9.17, 15) is 9.18 Å². The first-order valence-electron chi connectivity index (χ1n) is 9.43. The molecule has 148 valence electrons. The van der Waals surface area contributed by atoms with Crippen molar-refractivity contribution in [3.63, 3.8) is 0 Å². The van der Waals surface area contributed by atoms with Gasteiger partial charge in [-0.1, -0.05) is 30.3 Å². The van der Waals surface area contributed by atoms with Gasteiger partial charge >= 0.3 is 0 Å². The van der Waals surface area contributed by atoms with Crippen molar-refractivity contribution in [2.75, 3.05) is 33.4 Å². The second-order valence-electron chi connectivity index (χ2n) is 6.75. The molecule has 5 nitrogen and oxygen atoms in total. The van der Waals surface area contributed by atoms with Gasteiger partial charge in [0.1, 0.15) is 19.6 Å². The smallest absolute Gasteiger partial charge is 0.244 e. The fourth-order valence-electron chi connectivity index (χ4n) is 3.21. The summed E-state index contributed by atoms with van der Waals surface area (Å²) in [5.41, 5.74) is 2.95. The van der Waals surface area contributed by atoms with Gasteiger partial charge in [-0.15, -0.1) is 0 Å². The third kappa shape index (κ3) is 5.65. The quantitative estimate of drug-likeness (QED) is 0.712. The minimum Gasteiger partial charge on any atom is -0.494 e. The van der Waals surface area contributed by atoms with Gasteiger partial charge in [0.25, 0.3) is 0 Å². The van der Waals surface area contributed by atoms with E-state index in [2.05, 4.69) is 11.4 Å². The van der Waals surface area contributed by atoms with E-state index in [1.807, 2.05) is 18.2 Å². The normalized spacial score (nSPS) is 14.9. The van der Waals surface area contributed by atoms with Crippen LogP contribution in [0.3, 0.4) is 0 Å². The molecule has 1 amide bonds. The number of nitrogens with one attached hydrogen (secondary N) is 2. The van der Waals surface area contributed by atoms with Crippen molar-refractivity contribution in [1.29, 1.82) is 0 Å². The van der Waals surface area contributed by atoms with E-state index in [-0.39, 0.29) is 11.7 Å². The van der Waals surface area contributed by atoms with Crippen LogP contribution in [0.2, 0.25) is 0 Å². The van der Waals surface area contributed by atoms with Crippen molar-refractivity contribution in [3.8, 4) is 5.75 Å². The van der Waals surface area contributed by atoms with Crippen LogP contribution in [-0.4, -0.2) is 39.3 Å². The van der Waals surface area contributed by atoms with E-state index in [0.717, 1.165) is 38.4 Å². The summed E-state index contributed by atoms with van der Waals surface area (Å²) in [4.78, 5) is 13.7. The number of rotatable bonds is 7. The number of halogens is 1. The zero-order valence-electron chi connectivity index (χ0n) is 16.0. The van der Waals surface area contributed by atoms with Crippen LogP contribution in [0.5, 0.6) is 5.75 Å². The number of ether oxygens (including phenoxy) is 2. The third-order valence-corrected chi connectivity index (χ3v) is 4.81. The first kappa shape index (κ1) is 20.0. The number of benzene rings is 2. The zero-order chi connectivity index (χ0) is 19.8. The fourth-order valence-corrected chi connectivity index (χ4v) is 3.21. The van der Waals surface area contributed by atoms with Crippen molar-refractivity contribution in [1.82, 2.24) is 5.32 Å². The molecule has 2 aromatic rings. The van der Waals surface area contributed by atoms with Crippen molar-refractivity contribution in [3.05, 3.63) is 71.0 Å². The van der Waals surface area contributed by atoms with E-state index in [1.165, 1.54) is 35.8 Å². The number of amides is 1. The largest absolute Gasteiger partial charge is 0.494 e. The Kier molecular flexibility index (Phi) is 7.17. The molecule has 0 radical (unpaired) electrons. The molecule has 0 aromatic heterocycles. The van der Waals surface area contributed by atoms with Gasteiger partial charge in [0.05, 0.1) is 20.3 Å². The van der Waals surface area contributed by atoms with Gasteiger partial charge in [0, 0.05) is 18.2 Å². The second-order valence-corrected chi connectivity index (χ2v) is 6.75. The molecular formula is C22H26FN2O3+. The predicted octanol–water partition coefficient (Wildman–Crippen LogP) is 1.58. The van der Waals surface area contributed by atoms with Crippen LogP contribution >= 0.6 is 0 Å². The molecule has 2 aromatic carbocycles. The molecule has 0 saturated carbocycles. The monoisotopic (exact) mass is 385 g/mol. The summed E-state index contributed by atoms with van der Waals surface area (Å²) < 4.78 is 24.0. The van der Waals surface area contributed by atoms with Gasteiger partial charge in [0.15, 0.2) is 11.6 Å². The molecule has 28 heavy (non-hydrogen) atoms. The highest BCUT2D eigenvalue weighted by atomic mass is 19.1. The molecule has 2 N–H and O–H groups in total. The molecule has 6 heteroatoms. The third-order valence-electron chi connectivity index (χ3n) is 4.81. The van der Waals surface area contributed by atoms with Crippen molar-refractivity contribution >= 4 is 12.0 Å². The number of carbonyl (C=O) groups is 1. The summed E-state index contributed by atoms with van der Waals surface area (Å²) in [6.07, 6.45) is 3.00. The lowest BCUT2D eigenvalue weighted by atomic mass is 10.1. The Labute approximate surface area is 164 Å². The maximum atomic E-state index is 13.7. The van der Waals surface area contributed by atoms with Crippen molar-refractivity contribution < 1.29 is 23.6 Å². The maximum absolute atomic E-state index is 13.7. The minimum atomic E-state index is -0.454. The number of carbonyl (C=O) groups excluding carboxylic acids is 1. The standard InChI is InChI=1S/C22H25FN2O3/c1-27-21-8-6-17(14-20(21)23)7-9-22(26)24-15-18-4-2-3-5-19(18)16-25-10-12-28-13-11-25/h2-9,14H,10-13,15-16H2,1H3,(H,24,26)/p+1/b9-7+. The van der Waals surface area contributed by atoms with Gasteiger partial charge in [0.2, 0.25) is 5.91 Å².